The van der Waals surface area contributed by atoms with Gasteiger partial charge < -0.3 is 19.0 Å². The Labute approximate surface area is 138 Å². The number of aromatic nitrogens is 1. The highest BCUT2D eigenvalue weighted by atomic mass is 16.5. The molecule has 6 nitrogen and oxygen atoms in total. The molecular weight excluding hydrogens is 310 g/mol. The maximum absolute atomic E-state index is 12.0. The predicted molar refractivity (Wildman–Crippen MR) is 85.7 cm³/mol. The number of hydrogen-bond donors (Lipinski definition) is 1. The molecular formula is C18H15NO5. The van der Waals surface area contributed by atoms with Crippen molar-refractivity contribution in [1.29, 1.82) is 0 Å². The van der Waals surface area contributed by atoms with Gasteiger partial charge in [0, 0.05) is 11.6 Å². The molecule has 6 heteroatoms. The largest absolute Gasteiger partial charge is 0.507 e. The Kier molecular flexibility index (Phi) is 4.47. The van der Waals surface area contributed by atoms with E-state index in [-0.39, 0.29) is 23.8 Å². The lowest BCUT2D eigenvalue weighted by Gasteiger charge is -2.06. The number of rotatable bonds is 5. The topological polar surface area (TPSA) is 81.8 Å². The number of benzene rings is 2. The fraction of sp³-hybridized carbons (Fsp3) is 0.111. The zero-order chi connectivity index (χ0) is 16.9. The molecule has 0 fully saturated rings. The van der Waals surface area contributed by atoms with Crippen LogP contribution in [0.25, 0.3) is 11.3 Å². The Morgan fingerprint density at radius 2 is 2.00 bits per heavy atom. The van der Waals surface area contributed by atoms with Crippen LogP contribution in [0.4, 0.5) is 0 Å². The molecule has 1 aromatic heterocycles. The first-order valence-electron chi connectivity index (χ1n) is 7.21. The van der Waals surface area contributed by atoms with E-state index < -0.39 is 5.97 Å². The third-order valence-corrected chi connectivity index (χ3v) is 3.36. The van der Waals surface area contributed by atoms with Gasteiger partial charge in [0.15, 0.2) is 12.4 Å². The summed E-state index contributed by atoms with van der Waals surface area (Å²) in [4.78, 5) is 16.1. The molecule has 0 radical (unpaired) electrons. The maximum atomic E-state index is 12.0. The van der Waals surface area contributed by atoms with Crippen LogP contribution in [0.15, 0.2) is 59.1 Å². The van der Waals surface area contributed by atoms with Gasteiger partial charge in [-0.2, -0.15) is 0 Å². The molecule has 0 bridgehead atoms. The average Bonchev–Trinajstić information content (AvgIpc) is 3.09. The minimum atomic E-state index is -0.672. The molecule has 0 spiro atoms. The van der Waals surface area contributed by atoms with Crippen LogP contribution in [0, 0.1) is 0 Å². The van der Waals surface area contributed by atoms with E-state index in [0.717, 1.165) is 5.56 Å². The van der Waals surface area contributed by atoms with Crippen molar-refractivity contribution in [2.45, 2.75) is 6.61 Å². The Balaban J connectivity index is 1.66. The minimum absolute atomic E-state index is 0.0469. The van der Waals surface area contributed by atoms with E-state index in [4.69, 9.17) is 13.9 Å². The van der Waals surface area contributed by atoms with E-state index in [2.05, 4.69) is 4.98 Å². The number of oxazole rings is 1. The molecule has 24 heavy (non-hydrogen) atoms. The molecule has 0 saturated carbocycles. The number of esters is 1. The first kappa shape index (κ1) is 15.6. The average molecular weight is 325 g/mol. The monoisotopic (exact) mass is 325 g/mol. The molecule has 0 unspecified atom stereocenters. The molecule has 0 aliphatic rings. The standard InChI is InChI=1S/C18H15NO5/c1-22-13-7-8-14(15(20)9-13)18(21)23-11-17-19-10-16(24-17)12-5-3-2-4-6-12/h2-10,20H,11H2,1H3. The van der Waals surface area contributed by atoms with Gasteiger partial charge in [0.05, 0.1) is 13.3 Å². The van der Waals surface area contributed by atoms with Crippen molar-refractivity contribution < 1.29 is 23.8 Å². The van der Waals surface area contributed by atoms with Gasteiger partial charge in [-0.1, -0.05) is 30.3 Å². The second-order valence-corrected chi connectivity index (χ2v) is 4.94. The van der Waals surface area contributed by atoms with Crippen LogP contribution in [0.5, 0.6) is 11.5 Å². The molecule has 3 rings (SSSR count). The molecule has 1 N–H and O–H groups in total. The number of carbonyl (C=O) groups excluding carboxylic acids is 1. The lowest BCUT2D eigenvalue weighted by molar-refractivity contribution is 0.0435. The first-order valence-corrected chi connectivity index (χ1v) is 7.21. The van der Waals surface area contributed by atoms with Crippen LogP contribution in [-0.2, 0) is 11.3 Å². The van der Waals surface area contributed by atoms with Crippen LogP contribution in [0.1, 0.15) is 16.2 Å². The number of carbonyl (C=O) groups is 1. The second kappa shape index (κ2) is 6.87. The number of phenolic OH excluding ortho intramolecular Hbond substituents is 1. The molecule has 122 valence electrons. The summed E-state index contributed by atoms with van der Waals surface area (Å²) in [6.45, 7) is -0.128. The number of phenols is 1. The maximum Gasteiger partial charge on any atom is 0.342 e. The van der Waals surface area contributed by atoms with Crippen molar-refractivity contribution in [3.05, 3.63) is 66.2 Å². The first-order chi connectivity index (χ1) is 11.7. The van der Waals surface area contributed by atoms with E-state index in [1.54, 1.807) is 12.3 Å². The Bertz CT molecular complexity index is 842. The number of nitrogens with zero attached hydrogens (tertiary/aromatic N) is 1. The summed E-state index contributed by atoms with van der Waals surface area (Å²) in [5.41, 5.74) is 0.931. The fourth-order valence-electron chi connectivity index (χ4n) is 2.13. The van der Waals surface area contributed by atoms with Crippen molar-refractivity contribution in [1.82, 2.24) is 4.98 Å². The van der Waals surface area contributed by atoms with Crippen molar-refractivity contribution in [3.63, 3.8) is 0 Å². The third-order valence-electron chi connectivity index (χ3n) is 3.36. The zero-order valence-corrected chi connectivity index (χ0v) is 12.9. The number of ether oxygens (including phenoxy) is 2. The minimum Gasteiger partial charge on any atom is -0.507 e. The molecule has 0 aliphatic heterocycles. The Morgan fingerprint density at radius 1 is 1.21 bits per heavy atom. The van der Waals surface area contributed by atoms with Gasteiger partial charge in [0.1, 0.15) is 17.1 Å². The summed E-state index contributed by atoms with van der Waals surface area (Å²) in [7, 11) is 1.47. The Morgan fingerprint density at radius 3 is 2.71 bits per heavy atom. The Hall–Kier alpha value is -3.28. The second-order valence-electron chi connectivity index (χ2n) is 4.94. The number of aromatic hydroxyl groups is 1. The highest BCUT2D eigenvalue weighted by Gasteiger charge is 2.15. The van der Waals surface area contributed by atoms with Crippen molar-refractivity contribution >= 4 is 5.97 Å². The van der Waals surface area contributed by atoms with Gasteiger partial charge >= 0.3 is 5.97 Å². The van der Waals surface area contributed by atoms with E-state index in [0.29, 0.717) is 11.5 Å². The van der Waals surface area contributed by atoms with Gasteiger partial charge in [-0.05, 0) is 12.1 Å². The summed E-state index contributed by atoms with van der Waals surface area (Å²) in [5.74, 6) is 0.430. The van der Waals surface area contributed by atoms with E-state index in [9.17, 15) is 9.90 Å². The highest BCUT2D eigenvalue weighted by molar-refractivity contribution is 5.92. The third kappa shape index (κ3) is 3.38. The van der Waals surface area contributed by atoms with Crippen molar-refractivity contribution in [2.75, 3.05) is 7.11 Å². The normalized spacial score (nSPS) is 10.4. The van der Waals surface area contributed by atoms with Crippen LogP contribution < -0.4 is 4.74 Å². The van der Waals surface area contributed by atoms with Crippen LogP contribution in [-0.4, -0.2) is 23.2 Å². The van der Waals surface area contributed by atoms with Crippen molar-refractivity contribution in [3.8, 4) is 22.8 Å². The highest BCUT2D eigenvalue weighted by Crippen LogP contribution is 2.25. The number of hydrogen-bond acceptors (Lipinski definition) is 6. The summed E-state index contributed by atoms with van der Waals surface area (Å²) in [5, 5.41) is 9.82. The van der Waals surface area contributed by atoms with E-state index >= 15 is 0 Å². The molecule has 1 heterocycles. The summed E-state index contributed by atoms with van der Waals surface area (Å²) in [6, 6.07) is 13.8. The number of methoxy groups -OCH3 is 1. The van der Waals surface area contributed by atoms with Gasteiger partial charge in [-0.25, -0.2) is 9.78 Å². The van der Waals surface area contributed by atoms with Gasteiger partial charge in [0.25, 0.3) is 0 Å². The predicted octanol–water partition coefficient (Wildman–Crippen LogP) is 3.41. The lowest BCUT2D eigenvalue weighted by Crippen LogP contribution is -2.05. The van der Waals surface area contributed by atoms with Gasteiger partial charge in [0.2, 0.25) is 5.89 Å². The van der Waals surface area contributed by atoms with Crippen LogP contribution >= 0.6 is 0 Å². The van der Waals surface area contributed by atoms with Crippen LogP contribution in [0.2, 0.25) is 0 Å². The van der Waals surface area contributed by atoms with Gasteiger partial charge in [-0.15, -0.1) is 0 Å². The molecule has 0 atom stereocenters. The van der Waals surface area contributed by atoms with E-state index in [1.807, 2.05) is 30.3 Å². The zero-order valence-electron chi connectivity index (χ0n) is 12.9. The van der Waals surface area contributed by atoms with Crippen molar-refractivity contribution in [2.24, 2.45) is 0 Å². The summed E-state index contributed by atoms with van der Waals surface area (Å²) >= 11 is 0. The molecule has 3 aromatic rings. The van der Waals surface area contributed by atoms with E-state index in [1.165, 1.54) is 19.2 Å². The summed E-state index contributed by atoms with van der Waals surface area (Å²) in [6.07, 6.45) is 1.57. The molecule has 0 amide bonds. The molecule has 0 aliphatic carbocycles. The lowest BCUT2D eigenvalue weighted by atomic mass is 10.2. The smallest absolute Gasteiger partial charge is 0.342 e. The molecule has 0 saturated heterocycles. The quantitative estimate of drug-likeness (QED) is 0.724. The fourth-order valence-corrected chi connectivity index (χ4v) is 2.13. The summed E-state index contributed by atoms with van der Waals surface area (Å²) < 4.78 is 15.6. The van der Waals surface area contributed by atoms with Crippen LogP contribution in [0.3, 0.4) is 0 Å². The SMILES string of the molecule is COc1ccc(C(=O)OCc2ncc(-c3ccccc3)o2)c(O)c1. The molecule has 2 aromatic carbocycles. The van der Waals surface area contributed by atoms with Gasteiger partial charge in [-0.3, -0.25) is 0 Å².